The normalized spacial score (nSPS) is 10.3. The SMILES string of the molecule is COc1ccc(CNc2nccc(C(=O)Nc3ccc(C)c(C)c3)n2)cc1OC. The maximum absolute atomic E-state index is 12.5. The third-order valence-corrected chi connectivity index (χ3v) is 4.55. The Hall–Kier alpha value is -3.61. The van der Waals surface area contributed by atoms with E-state index in [0.717, 1.165) is 16.8 Å². The fourth-order valence-corrected chi connectivity index (χ4v) is 2.76. The molecule has 0 spiro atoms. The minimum atomic E-state index is -0.287. The first-order chi connectivity index (χ1) is 14.0. The van der Waals surface area contributed by atoms with Crippen molar-refractivity contribution in [3.8, 4) is 11.5 Å². The Kier molecular flexibility index (Phi) is 6.29. The van der Waals surface area contributed by atoms with Crippen LogP contribution in [0.1, 0.15) is 27.2 Å². The number of nitrogens with zero attached hydrogens (tertiary/aromatic N) is 2. The van der Waals surface area contributed by atoms with Gasteiger partial charge in [-0.1, -0.05) is 12.1 Å². The standard InChI is InChI=1S/C22H24N4O3/c1-14-5-7-17(11-15(14)2)25-21(27)18-9-10-23-22(26-18)24-13-16-6-8-19(28-3)20(12-16)29-4/h5-12H,13H2,1-4H3,(H,25,27)(H,23,24,26). The molecule has 2 N–H and O–H groups in total. The van der Waals surface area contributed by atoms with E-state index in [2.05, 4.69) is 20.6 Å². The minimum absolute atomic E-state index is 0.285. The summed E-state index contributed by atoms with van der Waals surface area (Å²) >= 11 is 0. The molecule has 0 saturated carbocycles. The zero-order chi connectivity index (χ0) is 20.8. The van der Waals surface area contributed by atoms with Gasteiger partial charge in [-0.3, -0.25) is 4.79 Å². The lowest BCUT2D eigenvalue weighted by Gasteiger charge is -2.11. The average molecular weight is 392 g/mol. The summed E-state index contributed by atoms with van der Waals surface area (Å²) in [4.78, 5) is 21.0. The van der Waals surface area contributed by atoms with Crippen LogP contribution in [0.25, 0.3) is 0 Å². The molecule has 29 heavy (non-hydrogen) atoms. The summed E-state index contributed by atoms with van der Waals surface area (Å²) in [5.74, 6) is 1.39. The molecule has 7 heteroatoms. The molecule has 3 aromatic rings. The summed E-state index contributed by atoms with van der Waals surface area (Å²) in [5.41, 5.74) is 4.27. The van der Waals surface area contributed by atoms with E-state index in [-0.39, 0.29) is 11.6 Å². The van der Waals surface area contributed by atoms with Gasteiger partial charge in [-0.05, 0) is 60.9 Å². The number of amides is 1. The van der Waals surface area contributed by atoms with E-state index in [4.69, 9.17) is 9.47 Å². The van der Waals surface area contributed by atoms with Crippen LogP contribution in [0.15, 0.2) is 48.7 Å². The Morgan fingerprint density at radius 1 is 0.966 bits per heavy atom. The van der Waals surface area contributed by atoms with Crippen molar-refractivity contribution in [1.29, 1.82) is 0 Å². The highest BCUT2D eigenvalue weighted by Crippen LogP contribution is 2.27. The second-order valence-corrected chi connectivity index (χ2v) is 6.56. The Bertz CT molecular complexity index is 1020. The molecule has 3 rings (SSSR count). The van der Waals surface area contributed by atoms with Gasteiger partial charge in [-0.15, -0.1) is 0 Å². The quantitative estimate of drug-likeness (QED) is 0.633. The number of nitrogens with one attached hydrogen (secondary N) is 2. The number of rotatable bonds is 7. The number of hydrogen-bond donors (Lipinski definition) is 2. The van der Waals surface area contributed by atoms with Crippen LogP contribution in [0, 0.1) is 13.8 Å². The van der Waals surface area contributed by atoms with E-state index in [1.54, 1.807) is 26.5 Å². The third-order valence-electron chi connectivity index (χ3n) is 4.55. The summed E-state index contributed by atoms with van der Waals surface area (Å²) < 4.78 is 10.6. The van der Waals surface area contributed by atoms with Crippen molar-refractivity contribution in [1.82, 2.24) is 9.97 Å². The van der Waals surface area contributed by atoms with Crippen molar-refractivity contribution in [2.45, 2.75) is 20.4 Å². The zero-order valence-electron chi connectivity index (χ0n) is 16.9. The van der Waals surface area contributed by atoms with Gasteiger partial charge in [0.1, 0.15) is 5.69 Å². The van der Waals surface area contributed by atoms with Gasteiger partial charge in [0.2, 0.25) is 5.95 Å². The first-order valence-corrected chi connectivity index (χ1v) is 9.16. The van der Waals surface area contributed by atoms with Crippen molar-refractivity contribution < 1.29 is 14.3 Å². The van der Waals surface area contributed by atoms with Crippen molar-refractivity contribution in [3.05, 3.63) is 71.0 Å². The van der Waals surface area contributed by atoms with E-state index in [1.807, 2.05) is 50.2 Å². The number of aryl methyl sites for hydroxylation is 2. The molecule has 0 fully saturated rings. The third kappa shape index (κ3) is 5.01. The highest BCUT2D eigenvalue weighted by Gasteiger charge is 2.10. The van der Waals surface area contributed by atoms with Gasteiger partial charge < -0.3 is 20.1 Å². The Morgan fingerprint density at radius 3 is 2.48 bits per heavy atom. The van der Waals surface area contributed by atoms with Gasteiger partial charge in [0.05, 0.1) is 14.2 Å². The molecule has 0 radical (unpaired) electrons. The van der Waals surface area contributed by atoms with Crippen molar-refractivity contribution in [2.24, 2.45) is 0 Å². The first kappa shape index (κ1) is 20.1. The van der Waals surface area contributed by atoms with Crippen molar-refractivity contribution in [2.75, 3.05) is 24.9 Å². The molecule has 0 atom stereocenters. The minimum Gasteiger partial charge on any atom is -0.493 e. The number of hydrogen-bond acceptors (Lipinski definition) is 6. The predicted molar refractivity (Wildman–Crippen MR) is 113 cm³/mol. The molecule has 2 aromatic carbocycles. The van der Waals surface area contributed by atoms with Crippen molar-refractivity contribution in [3.63, 3.8) is 0 Å². The number of carbonyl (C=O) groups excluding carboxylic acids is 1. The van der Waals surface area contributed by atoms with Crippen LogP contribution in [-0.2, 0) is 6.54 Å². The van der Waals surface area contributed by atoms with Gasteiger partial charge >= 0.3 is 0 Å². The van der Waals surface area contributed by atoms with Gasteiger partial charge in [0, 0.05) is 18.4 Å². The van der Waals surface area contributed by atoms with Gasteiger partial charge in [-0.25, -0.2) is 9.97 Å². The van der Waals surface area contributed by atoms with E-state index in [0.29, 0.717) is 24.0 Å². The molecule has 0 aliphatic carbocycles. The summed E-state index contributed by atoms with van der Waals surface area (Å²) in [7, 11) is 3.19. The second kappa shape index (κ2) is 9.05. The van der Waals surface area contributed by atoms with Crippen LogP contribution in [-0.4, -0.2) is 30.1 Å². The molecule has 0 aliphatic rings. The number of methoxy groups -OCH3 is 2. The molecular weight excluding hydrogens is 368 g/mol. The fraction of sp³-hybridized carbons (Fsp3) is 0.227. The molecular formula is C22H24N4O3. The number of benzene rings is 2. The molecule has 1 aromatic heterocycles. The molecule has 1 heterocycles. The average Bonchev–Trinajstić information content (AvgIpc) is 2.74. The van der Waals surface area contributed by atoms with Gasteiger partial charge in [-0.2, -0.15) is 0 Å². The largest absolute Gasteiger partial charge is 0.493 e. The Morgan fingerprint density at radius 2 is 1.76 bits per heavy atom. The highest BCUT2D eigenvalue weighted by atomic mass is 16.5. The molecule has 0 bridgehead atoms. The predicted octanol–water partition coefficient (Wildman–Crippen LogP) is 3.98. The van der Waals surface area contributed by atoms with Crippen LogP contribution in [0.3, 0.4) is 0 Å². The smallest absolute Gasteiger partial charge is 0.274 e. The molecule has 0 saturated heterocycles. The van der Waals surface area contributed by atoms with Crippen LogP contribution in [0.4, 0.5) is 11.6 Å². The molecule has 0 unspecified atom stereocenters. The lowest BCUT2D eigenvalue weighted by molar-refractivity contribution is 0.102. The Labute approximate surface area is 170 Å². The number of anilines is 2. The zero-order valence-corrected chi connectivity index (χ0v) is 16.9. The first-order valence-electron chi connectivity index (χ1n) is 9.16. The van der Waals surface area contributed by atoms with E-state index >= 15 is 0 Å². The van der Waals surface area contributed by atoms with E-state index in [9.17, 15) is 4.79 Å². The molecule has 0 aliphatic heterocycles. The number of aromatic nitrogens is 2. The fourth-order valence-electron chi connectivity index (χ4n) is 2.76. The monoisotopic (exact) mass is 392 g/mol. The van der Waals surface area contributed by atoms with Crippen LogP contribution < -0.4 is 20.1 Å². The van der Waals surface area contributed by atoms with E-state index in [1.165, 1.54) is 5.56 Å². The number of ether oxygens (including phenoxy) is 2. The molecule has 1 amide bonds. The highest BCUT2D eigenvalue weighted by molar-refractivity contribution is 6.03. The Balaban J connectivity index is 1.67. The molecule has 7 nitrogen and oxygen atoms in total. The van der Waals surface area contributed by atoms with Crippen LogP contribution >= 0.6 is 0 Å². The second-order valence-electron chi connectivity index (χ2n) is 6.56. The summed E-state index contributed by atoms with van der Waals surface area (Å²) in [6.45, 7) is 4.51. The van der Waals surface area contributed by atoms with E-state index < -0.39 is 0 Å². The maximum atomic E-state index is 12.5. The lowest BCUT2D eigenvalue weighted by Crippen LogP contribution is -2.15. The topological polar surface area (TPSA) is 85.4 Å². The van der Waals surface area contributed by atoms with Crippen molar-refractivity contribution >= 4 is 17.5 Å². The van der Waals surface area contributed by atoms with Gasteiger partial charge in [0.25, 0.3) is 5.91 Å². The lowest BCUT2D eigenvalue weighted by atomic mass is 10.1. The summed E-state index contributed by atoms with van der Waals surface area (Å²) in [6, 6.07) is 13.0. The maximum Gasteiger partial charge on any atom is 0.274 e. The van der Waals surface area contributed by atoms with Crippen LogP contribution in [0.2, 0.25) is 0 Å². The summed E-state index contributed by atoms with van der Waals surface area (Å²) in [6.07, 6.45) is 1.55. The van der Waals surface area contributed by atoms with Crippen LogP contribution in [0.5, 0.6) is 11.5 Å². The summed E-state index contributed by atoms with van der Waals surface area (Å²) in [5, 5.41) is 5.99. The molecule has 150 valence electrons. The number of carbonyl (C=O) groups is 1. The van der Waals surface area contributed by atoms with Gasteiger partial charge in [0.15, 0.2) is 11.5 Å².